The summed E-state index contributed by atoms with van der Waals surface area (Å²) in [7, 11) is 0. The Bertz CT molecular complexity index is 489. The van der Waals surface area contributed by atoms with Gasteiger partial charge in [-0.1, -0.05) is 57.7 Å². The van der Waals surface area contributed by atoms with E-state index in [0.717, 1.165) is 6.54 Å². The Kier molecular flexibility index (Phi) is 5.87. The molecule has 104 valence electrons. The molecule has 19 heavy (non-hydrogen) atoms. The van der Waals surface area contributed by atoms with E-state index in [4.69, 9.17) is 0 Å². The van der Waals surface area contributed by atoms with Crippen molar-refractivity contribution in [1.82, 2.24) is 5.32 Å². The molecular formula is C17H25NS. The van der Waals surface area contributed by atoms with Gasteiger partial charge in [0.2, 0.25) is 0 Å². The summed E-state index contributed by atoms with van der Waals surface area (Å²) < 4.78 is 1.41. The zero-order valence-corrected chi connectivity index (χ0v) is 12.9. The Labute approximate surface area is 121 Å². The Morgan fingerprint density at radius 1 is 1.11 bits per heavy atom. The van der Waals surface area contributed by atoms with Crippen LogP contribution in [0.5, 0.6) is 0 Å². The maximum Gasteiger partial charge on any atom is 0.0346 e. The molecule has 0 aliphatic heterocycles. The summed E-state index contributed by atoms with van der Waals surface area (Å²) in [5, 5.41) is 7.44. The number of fused-ring (bicyclic) bond motifs is 1. The van der Waals surface area contributed by atoms with E-state index in [2.05, 4.69) is 48.8 Å². The molecule has 0 amide bonds. The molecule has 0 bridgehead atoms. The van der Waals surface area contributed by atoms with Crippen LogP contribution >= 0.6 is 11.3 Å². The highest BCUT2D eigenvalue weighted by Crippen LogP contribution is 2.32. The summed E-state index contributed by atoms with van der Waals surface area (Å²) in [4.78, 5) is 0. The Balaban J connectivity index is 2.09. The molecule has 2 aromatic rings. The summed E-state index contributed by atoms with van der Waals surface area (Å²) in [6.45, 7) is 5.52. The first-order valence-corrected chi connectivity index (χ1v) is 8.44. The van der Waals surface area contributed by atoms with Crippen LogP contribution < -0.4 is 5.32 Å². The van der Waals surface area contributed by atoms with Crippen molar-refractivity contribution in [1.29, 1.82) is 0 Å². The van der Waals surface area contributed by atoms with Gasteiger partial charge in [-0.05, 0) is 35.4 Å². The van der Waals surface area contributed by atoms with Crippen LogP contribution in [-0.2, 0) is 0 Å². The van der Waals surface area contributed by atoms with Gasteiger partial charge in [0.1, 0.15) is 0 Å². The van der Waals surface area contributed by atoms with Crippen LogP contribution in [0.15, 0.2) is 29.6 Å². The molecule has 1 nitrogen and oxygen atoms in total. The molecule has 0 radical (unpaired) electrons. The number of hydrogen-bond acceptors (Lipinski definition) is 2. The fourth-order valence-corrected chi connectivity index (χ4v) is 3.67. The topological polar surface area (TPSA) is 12.0 Å². The molecule has 0 saturated heterocycles. The Hall–Kier alpha value is -0.860. The third kappa shape index (κ3) is 3.80. The molecule has 1 heterocycles. The first-order valence-electron chi connectivity index (χ1n) is 7.56. The summed E-state index contributed by atoms with van der Waals surface area (Å²) in [6.07, 6.45) is 6.63. The molecule has 1 unspecified atom stereocenters. The zero-order valence-electron chi connectivity index (χ0n) is 12.1. The van der Waals surface area contributed by atoms with Gasteiger partial charge >= 0.3 is 0 Å². The Morgan fingerprint density at radius 3 is 2.74 bits per heavy atom. The maximum absolute atomic E-state index is 3.66. The molecule has 1 N–H and O–H groups in total. The zero-order chi connectivity index (χ0) is 13.5. The van der Waals surface area contributed by atoms with Crippen molar-refractivity contribution in [3.05, 3.63) is 35.2 Å². The molecule has 0 aliphatic carbocycles. The van der Waals surface area contributed by atoms with E-state index < -0.39 is 0 Å². The highest BCUT2D eigenvalue weighted by atomic mass is 32.1. The second kappa shape index (κ2) is 7.66. The van der Waals surface area contributed by atoms with Gasteiger partial charge in [0, 0.05) is 10.7 Å². The van der Waals surface area contributed by atoms with Gasteiger partial charge in [0.05, 0.1) is 0 Å². The van der Waals surface area contributed by atoms with Crippen molar-refractivity contribution < 1.29 is 0 Å². The van der Waals surface area contributed by atoms with Crippen molar-refractivity contribution >= 4 is 21.4 Å². The number of thiophene rings is 1. The lowest BCUT2D eigenvalue weighted by Crippen LogP contribution is -2.20. The van der Waals surface area contributed by atoms with Gasteiger partial charge in [0.25, 0.3) is 0 Å². The lowest BCUT2D eigenvalue weighted by atomic mass is 9.99. The van der Waals surface area contributed by atoms with Crippen LogP contribution in [0.1, 0.15) is 57.6 Å². The minimum atomic E-state index is 0.526. The first kappa shape index (κ1) is 14.5. The number of benzene rings is 1. The third-order valence-electron chi connectivity index (χ3n) is 3.68. The third-order valence-corrected chi connectivity index (χ3v) is 4.66. The SMILES string of the molecule is CCCCCCC(NCC)c1csc2ccccc12. The number of hydrogen-bond donors (Lipinski definition) is 1. The van der Waals surface area contributed by atoms with Crippen molar-refractivity contribution in [3.63, 3.8) is 0 Å². The number of unbranched alkanes of at least 4 members (excludes halogenated alkanes) is 3. The van der Waals surface area contributed by atoms with Crippen LogP contribution in [0.2, 0.25) is 0 Å². The van der Waals surface area contributed by atoms with Gasteiger partial charge in [-0.3, -0.25) is 0 Å². The average molecular weight is 275 g/mol. The number of rotatable bonds is 8. The summed E-state index contributed by atoms with van der Waals surface area (Å²) in [5.41, 5.74) is 1.50. The van der Waals surface area contributed by atoms with Crippen molar-refractivity contribution in [3.8, 4) is 0 Å². The van der Waals surface area contributed by atoms with Gasteiger partial charge in [-0.25, -0.2) is 0 Å². The van der Waals surface area contributed by atoms with Gasteiger partial charge in [-0.15, -0.1) is 11.3 Å². The maximum atomic E-state index is 3.66. The largest absolute Gasteiger partial charge is 0.310 e. The van der Waals surface area contributed by atoms with Crippen molar-refractivity contribution in [2.45, 2.75) is 52.0 Å². The van der Waals surface area contributed by atoms with Crippen LogP contribution in [0.25, 0.3) is 10.1 Å². The first-order chi connectivity index (χ1) is 9.36. The van der Waals surface area contributed by atoms with E-state index in [1.165, 1.54) is 47.8 Å². The van der Waals surface area contributed by atoms with Crippen LogP contribution in [-0.4, -0.2) is 6.54 Å². The fraction of sp³-hybridized carbons (Fsp3) is 0.529. The number of nitrogens with one attached hydrogen (secondary N) is 1. The molecule has 2 heteroatoms. The average Bonchev–Trinajstić information content (AvgIpc) is 2.86. The summed E-state index contributed by atoms with van der Waals surface area (Å²) in [6, 6.07) is 9.30. The van der Waals surface area contributed by atoms with Crippen molar-refractivity contribution in [2.24, 2.45) is 0 Å². The van der Waals surface area contributed by atoms with Gasteiger partial charge < -0.3 is 5.32 Å². The summed E-state index contributed by atoms with van der Waals surface area (Å²) >= 11 is 1.87. The molecule has 2 rings (SSSR count). The van der Waals surface area contributed by atoms with E-state index in [1.807, 2.05) is 11.3 Å². The minimum absolute atomic E-state index is 0.526. The predicted octanol–water partition coefficient (Wildman–Crippen LogP) is 5.52. The van der Waals surface area contributed by atoms with Gasteiger partial charge in [0.15, 0.2) is 0 Å². The van der Waals surface area contributed by atoms with E-state index in [1.54, 1.807) is 0 Å². The minimum Gasteiger partial charge on any atom is -0.310 e. The standard InChI is InChI=1S/C17H25NS/c1-3-5-6-7-11-16(18-4-2)15-13-19-17-12-9-8-10-14(15)17/h8-10,12-13,16,18H,3-7,11H2,1-2H3. The van der Waals surface area contributed by atoms with Gasteiger partial charge in [-0.2, -0.15) is 0 Å². The molecule has 0 spiro atoms. The fourth-order valence-electron chi connectivity index (χ4n) is 2.66. The van der Waals surface area contributed by atoms with Crippen LogP contribution in [0, 0.1) is 0 Å². The van der Waals surface area contributed by atoms with E-state index in [-0.39, 0.29) is 0 Å². The van der Waals surface area contributed by atoms with Crippen molar-refractivity contribution in [2.75, 3.05) is 6.54 Å². The second-order valence-corrected chi connectivity index (χ2v) is 6.06. The normalized spacial score (nSPS) is 12.9. The highest BCUT2D eigenvalue weighted by molar-refractivity contribution is 7.17. The predicted molar refractivity (Wildman–Crippen MR) is 87.0 cm³/mol. The van der Waals surface area contributed by atoms with E-state index >= 15 is 0 Å². The van der Waals surface area contributed by atoms with Crippen LogP contribution in [0.3, 0.4) is 0 Å². The summed E-state index contributed by atoms with van der Waals surface area (Å²) in [5.74, 6) is 0. The highest BCUT2D eigenvalue weighted by Gasteiger charge is 2.14. The molecule has 1 aromatic heterocycles. The smallest absolute Gasteiger partial charge is 0.0346 e. The molecule has 1 aromatic carbocycles. The van der Waals surface area contributed by atoms with Crippen LogP contribution in [0.4, 0.5) is 0 Å². The molecule has 0 aliphatic rings. The monoisotopic (exact) mass is 275 g/mol. The molecule has 0 saturated carbocycles. The second-order valence-electron chi connectivity index (χ2n) is 5.15. The molecule has 1 atom stereocenters. The lowest BCUT2D eigenvalue weighted by molar-refractivity contribution is 0.485. The lowest BCUT2D eigenvalue weighted by Gasteiger charge is -2.17. The molecule has 0 fully saturated rings. The van der Waals surface area contributed by atoms with E-state index in [0.29, 0.717) is 6.04 Å². The van der Waals surface area contributed by atoms with E-state index in [9.17, 15) is 0 Å². The quantitative estimate of drug-likeness (QED) is 0.625. The molecular weight excluding hydrogens is 250 g/mol. The Morgan fingerprint density at radius 2 is 1.95 bits per heavy atom.